The number of hydrogen-bond acceptors (Lipinski definition) is 2. The molecule has 0 N–H and O–H groups in total. The van der Waals surface area contributed by atoms with Crippen LogP contribution in [0.15, 0.2) is 17.3 Å². The molecule has 2 aliphatic carbocycles. The van der Waals surface area contributed by atoms with Crippen LogP contribution in [0.4, 0.5) is 0 Å². The standard InChI is InChI=1S/C21H31NO/c1-13(2)16-11-17-19(10-15(16)4)21(5)9-7-8-14(3)18(21)12-20(17)22-23-6/h10-11,13-14,18H,7-9,12H2,1-6H3/b22-20+. The number of aryl methyl sites for hydroxylation is 1. The first-order chi connectivity index (χ1) is 10.9. The average Bonchev–Trinajstić information content (AvgIpc) is 2.49. The molecule has 1 fully saturated rings. The first kappa shape index (κ1) is 16.5. The van der Waals surface area contributed by atoms with Gasteiger partial charge in [-0.15, -0.1) is 0 Å². The van der Waals surface area contributed by atoms with Crippen molar-refractivity contribution in [2.24, 2.45) is 17.0 Å². The molecule has 1 aromatic rings. The zero-order valence-electron chi connectivity index (χ0n) is 15.6. The fourth-order valence-electron chi connectivity index (χ4n) is 5.14. The number of hydrogen-bond donors (Lipinski definition) is 0. The fraction of sp³-hybridized carbons (Fsp3) is 0.667. The van der Waals surface area contributed by atoms with Crippen LogP contribution in [-0.2, 0) is 10.3 Å². The number of fused-ring (bicyclic) bond motifs is 3. The molecule has 0 bridgehead atoms. The molecule has 0 heterocycles. The summed E-state index contributed by atoms with van der Waals surface area (Å²) in [6, 6.07) is 4.86. The van der Waals surface area contributed by atoms with Gasteiger partial charge in [-0.2, -0.15) is 0 Å². The topological polar surface area (TPSA) is 21.6 Å². The van der Waals surface area contributed by atoms with E-state index in [0.717, 1.165) is 18.1 Å². The van der Waals surface area contributed by atoms with Gasteiger partial charge in [0.05, 0.1) is 5.71 Å². The Morgan fingerprint density at radius 1 is 1.30 bits per heavy atom. The second-order valence-electron chi connectivity index (χ2n) is 8.23. The van der Waals surface area contributed by atoms with Crippen molar-refractivity contribution in [3.05, 3.63) is 34.4 Å². The number of benzene rings is 1. The Bertz CT molecular complexity index is 631. The van der Waals surface area contributed by atoms with Crippen molar-refractivity contribution in [2.45, 2.75) is 71.6 Å². The summed E-state index contributed by atoms with van der Waals surface area (Å²) in [6.45, 7) is 11.7. The molecule has 0 saturated heterocycles. The second-order valence-corrected chi connectivity index (χ2v) is 8.23. The van der Waals surface area contributed by atoms with Gasteiger partial charge in [0, 0.05) is 5.56 Å². The summed E-state index contributed by atoms with van der Waals surface area (Å²) in [4.78, 5) is 5.20. The smallest absolute Gasteiger partial charge is 0.106 e. The van der Waals surface area contributed by atoms with Crippen molar-refractivity contribution >= 4 is 5.71 Å². The van der Waals surface area contributed by atoms with E-state index in [4.69, 9.17) is 4.84 Å². The fourth-order valence-corrected chi connectivity index (χ4v) is 5.14. The predicted octanol–water partition coefficient (Wildman–Crippen LogP) is 5.57. The van der Waals surface area contributed by atoms with Crippen molar-refractivity contribution in [2.75, 3.05) is 7.11 Å². The van der Waals surface area contributed by atoms with Crippen molar-refractivity contribution in [1.29, 1.82) is 0 Å². The van der Waals surface area contributed by atoms with E-state index < -0.39 is 0 Å². The van der Waals surface area contributed by atoms with Crippen LogP contribution in [0.2, 0.25) is 0 Å². The maximum atomic E-state index is 5.20. The molecule has 3 atom stereocenters. The van der Waals surface area contributed by atoms with E-state index in [9.17, 15) is 0 Å². The van der Waals surface area contributed by atoms with Gasteiger partial charge in [0.15, 0.2) is 0 Å². The second kappa shape index (κ2) is 5.96. The summed E-state index contributed by atoms with van der Waals surface area (Å²) in [5.41, 5.74) is 7.17. The van der Waals surface area contributed by atoms with E-state index in [1.807, 2.05) is 0 Å². The first-order valence-corrected chi connectivity index (χ1v) is 9.14. The molecular formula is C21H31NO. The van der Waals surface area contributed by atoms with E-state index in [1.165, 1.54) is 41.5 Å². The summed E-state index contributed by atoms with van der Waals surface area (Å²) < 4.78 is 0. The van der Waals surface area contributed by atoms with Gasteiger partial charge in [0.2, 0.25) is 0 Å². The number of oxime groups is 1. The van der Waals surface area contributed by atoms with Crippen molar-refractivity contribution < 1.29 is 4.84 Å². The van der Waals surface area contributed by atoms with Crippen LogP contribution < -0.4 is 0 Å². The third-order valence-electron chi connectivity index (χ3n) is 6.43. The lowest BCUT2D eigenvalue weighted by molar-refractivity contribution is 0.136. The lowest BCUT2D eigenvalue weighted by Crippen LogP contribution is -2.45. The summed E-state index contributed by atoms with van der Waals surface area (Å²) in [7, 11) is 1.67. The van der Waals surface area contributed by atoms with E-state index in [0.29, 0.717) is 17.3 Å². The summed E-state index contributed by atoms with van der Waals surface area (Å²) in [5, 5.41) is 4.43. The molecule has 1 saturated carbocycles. The minimum atomic E-state index is 0.292. The third-order valence-corrected chi connectivity index (χ3v) is 6.43. The summed E-state index contributed by atoms with van der Waals surface area (Å²) in [5.74, 6) is 1.98. The SMILES string of the molecule is CO/N=C1\CC2C(C)CCCC2(C)c2cc(C)c(C(C)C)cc21. The minimum absolute atomic E-state index is 0.292. The lowest BCUT2D eigenvalue weighted by atomic mass is 9.54. The Morgan fingerprint density at radius 2 is 2.04 bits per heavy atom. The normalized spacial score (nSPS) is 31.9. The molecule has 3 rings (SSSR count). The largest absolute Gasteiger partial charge is 0.399 e. The van der Waals surface area contributed by atoms with Crippen LogP contribution >= 0.6 is 0 Å². The highest BCUT2D eigenvalue weighted by atomic mass is 16.6. The van der Waals surface area contributed by atoms with Gasteiger partial charge in [0.25, 0.3) is 0 Å². The lowest BCUT2D eigenvalue weighted by Gasteiger charge is -2.50. The molecule has 2 aliphatic rings. The molecule has 3 unspecified atom stereocenters. The molecular weight excluding hydrogens is 282 g/mol. The van der Waals surface area contributed by atoms with Crippen molar-refractivity contribution in [3.63, 3.8) is 0 Å². The first-order valence-electron chi connectivity index (χ1n) is 9.14. The van der Waals surface area contributed by atoms with Crippen LogP contribution in [0.3, 0.4) is 0 Å². The molecule has 2 heteroatoms. The molecule has 1 aromatic carbocycles. The highest BCUT2D eigenvalue weighted by Gasteiger charge is 2.47. The Balaban J connectivity index is 2.22. The minimum Gasteiger partial charge on any atom is -0.399 e. The van der Waals surface area contributed by atoms with Crippen LogP contribution in [0, 0.1) is 18.8 Å². The van der Waals surface area contributed by atoms with Crippen LogP contribution in [0.5, 0.6) is 0 Å². The summed E-state index contributed by atoms with van der Waals surface area (Å²) in [6.07, 6.45) is 5.04. The van der Waals surface area contributed by atoms with E-state index in [2.05, 4.69) is 51.9 Å². The maximum absolute atomic E-state index is 5.20. The molecule has 0 aromatic heterocycles. The van der Waals surface area contributed by atoms with Crippen molar-refractivity contribution in [1.82, 2.24) is 0 Å². The van der Waals surface area contributed by atoms with Gasteiger partial charge in [-0.25, -0.2) is 0 Å². The van der Waals surface area contributed by atoms with E-state index in [1.54, 1.807) is 7.11 Å². The number of nitrogens with zero attached hydrogens (tertiary/aromatic N) is 1. The molecule has 0 spiro atoms. The van der Waals surface area contributed by atoms with Gasteiger partial charge in [0.1, 0.15) is 7.11 Å². The Morgan fingerprint density at radius 3 is 2.70 bits per heavy atom. The average molecular weight is 313 g/mol. The van der Waals surface area contributed by atoms with E-state index in [-0.39, 0.29) is 0 Å². The molecule has 126 valence electrons. The third kappa shape index (κ3) is 2.60. The van der Waals surface area contributed by atoms with Crippen LogP contribution in [0.1, 0.15) is 81.5 Å². The molecule has 0 aliphatic heterocycles. The monoisotopic (exact) mass is 313 g/mol. The van der Waals surface area contributed by atoms with Gasteiger partial charge < -0.3 is 4.84 Å². The number of rotatable bonds is 2. The summed E-state index contributed by atoms with van der Waals surface area (Å²) >= 11 is 0. The highest BCUT2D eigenvalue weighted by Crippen LogP contribution is 2.52. The molecule has 0 radical (unpaired) electrons. The Kier molecular flexibility index (Phi) is 4.29. The van der Waals surface area contributed by atoms with Gasteiger partial charge in [-0.1, -0.05) is 51.8 Å². The zero-order valence-corrected chi connectivity index (χ0v) is 15.6. The van der Waals surface area contributed by atoms with Crippen molar-refractivity contribution in [3.8, 4) is 0 Å². The van der Waals surface area contributed by atoms with Gasteiger partial charge >= 0.3 is 0 Å². The van der Waals surface area contributed by atoms with E-state index >= 15 is 0 Å². The Hall–Kier alpha value is -1.31. The Labute approximate surface area is 141 Å². The van der Waals surface area contributed by atoms with Gasteiger partial charge in [-0.3, -0.25) is 0 Å². The van der Waals surface area contributed by atoms with Crippen LogP contribution in [0.25, 0.3) is 0 Å². The molecule has 0 amide bonds. The predicted molar refractivity (Wildman–Crippen MR) is 97.3 cm³/mol. The molecule has 2 nitrogen and oxygen atoms in total. The van der Waals surface area contributed by atoms with Gasteiger partial charge in [-0.05, 0) is 65.7 Å². The van der Waals surface area contributed by atoms with Crippen LogP contribution in [-0.4, -0.2) is 12.8 Å². The maximum Gasteiger partial charge on any atom is 0.106 e. The zero-order chi connectivity index (χ0) is 16.8. The highest BCUT2D eigenvalue weighted by molar-refractivity contribution is 6.03. The molecule has 23 heavy (non-hydrogen) atoms. The quantitative estimate of drug-likeness (QED) is 0.654.